The molecule has 1 aromatic heterocycles. The van der Waals surface area contributed by atoms with Gasteiger partial charge in [-0.15, -0.1) is 0 Å². The Morgan fingerprint density at radius 3 is 2.45 bits per heavy atom. The van der Waals surface area contributed by atoms with Crippen molar-refractivity contribution < 1.29 is 9.53 Å². The quantitative estimate of drug-likeness (QED) is 0.219. The number of nitrogens with zero attached hydrogens (tertiary/aromatic N) is 1. The summed E-state index contributed by atoms with van der Waals surface area (Å²) in [5.41, 5.74) is 4.21. The summed E-state index contributed by atoms with van der Waals surface area (Å²) in [5, 5.41) is 10.4. The number of hydrogen-bond donors (Lipinski definition) is 1. The van der Waals surface area contributed by atoms with E-state index < -0.39 is 0 Å². The Morgan fingerprint density at radius 1 is 0.966 bits per heavy atom. The van der Waals surface area contributed by atoms with Crippen molar-refractivity contribution in [2.75, 3.05) is 0 Å². The monoisotopic (exact) mass is 378 g/mol. The minimum atomic E-state index is -0.319. The summed E-state index contributed by atoms with van der Waals surface area (Å²) in [7, 11) is 0. The van der Waals surface area contributed by atoms with Crippen LogP contribution in [0.4, 0.5) is 0 Å². The lowest BCUT2D eigenvalue weighted by Gasteiger charge is -2.05. The molecule has 1 heterocycles. The van der Waals surface area contributed by atoms with Gasteiger partial charge in [0.25, 0.3) is 0 Å². The van der Waals surface area contributed by atoms with Crippen LogP contribution in [-0.4, -0.2) is 11.0 Å². The molecule has 0 aliphatic heterocycles. The van der Waals surface area contributed by atoms with Crippen molar-refractivity contribution in [1.82, 2.24) is 4.98 Å². The van der Waals surface area contributed by atoms with Gasteiger partial charge < -0.3 is 9.72 Å². The molecule has 0 aliphatic carbocycles. The zero-order chi connectivity index (χ0) is 20.1. The Balaban J connectivity index is 1.45. The molecule has 4 rings (SSSR count). The van der Waals surface area contributed by atoms with Gasteiger partial charge >= 0.3 is 5.97 Å². The van der Waals surface area contributed by atoms with Crippen LogP contribution in [0.2, 0.25) is 0 Å². The summed E-state index contributed by atoms with van der Waals surface area (Å²) in [6, 6.07) is 26.7. The maximum absolute atomic E-state index is 12.3. The Hall–Kier alpha value is -4.10. The maximum Gasteiger partial charge on any atom is 0.315 e. The number of aromatic nitrogens is 1. The lowest BCUT2D eigenvalue weighted by Crippen LogP contribution is -2.10. The smallest absolute Gasteiger partial charge is 0.315 e. The van der Waals surface area contributed by atoms with Crippen LogP contribution < -0.4 is 4.74 Å². The van der Waals surface area contributed by atoms with Gasteiger partial charge in [-0.2, -0.15) is 5.26 Å². The van der Waals surface area contributed by atoms with E-state index >= 15 is 0 Å². The molecule has 0 unspecified atom stereocenters. The van der Waals surface area contributed by atoms with Gasteiger partial charge in [-0.05, 0) is 41.0 Å². The molecule has 0 spiro atoms. The molecule has 1 N–H and O–H groups in total. The van der Waals surface area contributed by atoms with Crippen molar-refractivity contribution >= 4 is 28.5 Å². The van der Waals surface area contributed by atoms with Crippen LogP contribution in [0.25, 0.3) is 22.6 Å². The van der Waals surface area contributed by atoms with Crippen LogP contribution in [0, 0.1) is 11.3 Å². The number of para-hydroxylation sites is 1. The van der Waals surface area contributed by atoms with Crippen LogP contribution >= 0.6 is 0 Å². The van der Waals surface area contributed by atoms with Gasteiger partial charge in [0.15, 0.2) is 0 Å². The molecule has 0 amide bonds. The first-order valence-corrected chi connectivity index (χ1v) is 9.26. The molecule has 29 heavy (non-hydrogen) atoms. The van der Waals surface area contributed by atoms with Crippen LogP contribution in [0.5, 0.6) is 5.75 Å². The van der Waals surface area contributed by atoms with Gasteiger partial charge in [-0.1, -0.05) is 60.7 Å². The molecule has 0 bridgehead atoms. The van der Waals surface area contributed by atoms with Gasteiger partial charge in [0.1, 0.15) is 5.75 Å². The lowest BCUT2D eigenvalue weighted by molar-refractivity contribution is -0.133. The van der Waals surface area contributed by atoms with Gasteiger partial charge in [-0.3, -0.25) is 4.79 Å². The fraction of sp³-hybridized carbons (Fsp3) is 0.0400. The third kappa shape index (κ3) is 4.26. The second kappa shape index (κ2) is 8.28. The standard InChI is InChI=1S/C25H18N2O2/c26-16-20(19-6-2-1-3-7-19)14-18-10-12-22(13-11-18)29-25(28)15-21-17-27-24-9-5-4-8-23(21)24/h1-14,17,27H,15H2/b20-14-. The van der Waals surface area contributed by atoms with E-state index in [1.165, 1.54) is 0 Å². The number of nitrogens with one attached hydrogen (secondary N) is 1. The number of H-pyrrole nitrogens is 1. The Bertz CT molecular complexity index is 1210. The number of hydrogen-bond acceptors (Lipinski definition) is 3. The molecule has 0 saturated heterocycles. The zero-order valence-corrected chi connectivity index (χ0v) is 15.6. The van der Waals surface area contributed by atoms with Gasteiger partial charge in [0.05, 0.1) is 18.1 Å². The number of benzene rings is 3. The number of ether oxygens (including phenoxy) is 1. The van der Waals surface area contributed by atoms with Crippen molar-refractivity contribution in [1.29, 1.82) is 5.26 Å². The highest BCUT2D eigenvalue weighted by Crippen LogP contribution is 2.21. The number of nitriles is 1. The van der Waals surface area contributed by atoms with Gasteiger partial charge in [-0.25, -0.2) is 0 Å². The third-order valence-electron chi connectivity index (χ3n) is 4.64. The number of esters is 1. The van der Waals surface area contributed by atoms with E-state index in [4.69, 9.17) is 4.74 Å². The largest absolute Gasteiger partial charge is 0.426 e. The first-order valence-electron chi connectivity index (χ1n) is 9.26. The van der Waals surface area contributed by atoms with Crippen LogP contribution in [0.1, 0.15) is 16.7 Å². The summed E-state index contributed by atoms with van der Waals surface area (Å²) in [4.78, 5) is 15.5. The fourth-order valence-electron chi connectivity index (χ4n) is 3.20. The Morgan fingerprint density at radius 2 is 1.69 bits per heavy atom. The maximum atomic E-state index is 12.3. The highest BCUT2D eigenvalue weighted by molar-refractivity contribution is 5.90. The first-order chi connectivity index (χ1) is 14.2. The zero-order valence-electron chi connectivity index (χ0n) is 15.6. The predicted octanol–water partition coefficient (Wildman–Crippen LogP) is 5.38. The third-order valence-corrected chi connectivity index (χ3v) is 4.64. The number of fused-ring (bicyclic) bond motifs is 1. The normalized spacial score (nSPS) is 11.2. The van der Waals surface area contributed by atoms with Crippen LogP contribution in [0.3, 0.4) is 0 Å². The summed E-state index contributed by atoms with van der Waals surface area (Å²) in [6.07, 6.45) is 3.85. The number of allylic oxidation sites excluding steroid dienone is 1. The summed E-state index contributed by atoms with van der Waals surface area (Å²) in [6.45, 7) is 0. The highest BCUT2D eigenvalue weighted by atomic mass is 16.5. The number of carbonyl (C=O) groups is 1. The molecule has 140 valence electrons. The van der Waals surface area contributed by atoms with E-state index in [1.54, 1.807) is 12.1 Å². The molecule has 4 heteroatoms. The van der Waals surface area contributed by atoms with Crippen molar-refractivity contribution in [2.24, 2.45) is 0 Å². The topological polar surface area (TPSA) is 65.9 Å². The van der Waals surface area contributed by atoms with Crippen molar-refractivity contribution in [3.63, 3.8) is 0 Å². The summed E-state index contributed by atoms with van der Waals surface area (Å²) >= 11 is 0. The van der Waals surface area contributed by atoms with E-state index in [9.17, 15) is 10.1 Å². The fourth-order valence-corrected chi connectivity index (χ4v) is 3.20. The van der Waals surface area contributed by atoms with E-state index in [1.807, 2.05) is 79.0 Å². The molecule has 0 saturated carbocycles. The summed E-state index contributed by atoms with van der Waals surface area (Å²) in [5.74, 6) is 0.158. The molecule has 4 aromatic rings. The second-order valence-electron chi connectivity index (χ2n) is 6.62. The molecule has 0 atom stereocenters. The molecule has 0 fully saturated rings. The van der Waals surface area contributed by atoms with Gasteiger partial charge in [0, 0.05) is 17.1 Å². The number of aromatic amines is 1. The minimum Gasteiger partial charge on any atom is -0.426 e. The van der Waals surface area contributed by atoms with Crippen LogP contribution in [0.15, 0.2) is 85.1 Å². The molecule has 0 aliphatic rings. The van der Waals surface area contributed by atoms with E-state index in [-0.39, 0.29) is 12.4 Å². The van der Waals surface area contributed by atoms with Gasteiger partial charge in [0.2, 0.25) is 0 Å². The van der Waals surface area contributed by atoms with Crippen LogP contribution in [-0.2, 0) is 11.2 Å². The predicted molar refractivity (Wildman–Crippen MR) is 114 cm³/mol. The SMILES string of the molecule is N#C/C(=C/c1ccc(OC(=O)Cc2c[nH]c3ccccc23)cc1)c1ccccc1. The average molecular weight is 378 g/mol. The van der Waals surface area contributed by atoms with Crippen molar-refractivity contribution in [3.8, 4) is 11.8 Å². The second-order valence-corrected chi connectivity index (χ2v) is 6.62. The van der Waals surface area contributed by atoms with E-state index in [0.29, 0.717) is 11.3 Å². The molecule has 3 aromatic carbocycles. The lowest BCUT2D eigenvalue weighted by atomic mass is 10.0. The van der Waals surface area contributed by atoms with Crippen molar-refractivity contribution in [3.05, 3.63) is 102 Å². The molecular formula is C25H18N2O2. The van der Waals surface area contributed by atoms with E-state index in [0.717, 1.165) is 27.6 Å². The molecular weight excluding hydrogens is 360 g/mol. The summed E-state index contributed by atoms with van der Waals surface area (Å²) < 4.78 is 5.47. The number of carbonyl (C=O) groups excluding carboxylic acids is 1. The first kappa shape index (κ1) is 18.3. The number of rotatable bonds is 5. The minimum absolute atomic E-state index is 0.193. The van der Waals surface area contributed by atoms with E-state index in [2.05, 4.69) is 11.1 Å². The molecule has 0 radical (unpaired) electrons. The highest BCUT2D eigenvalue weighted by Gasteiger charge is 2.10. The Labute approximate surface area is 168 Å². The molecule has 4 nitrogen and oxygen atoms in total. The Kier molecular flexibility index (Phi) is 5.22. The average Bonchev–Trinajstić information content (AvgIpc) is 3.16. The van der Waals surface area contributed by atoms with Crippen molar-refractivity contribution in [2.45, 2.75) is 6.42 Å².